The van der Waals surface area contributed by atoms with Crippen molar-refractivity contribution in [3.8, 4) is 5.75 Å². The second-order valence-corrected chi connectivity index (χ2v) is 4.04. The van der Waals surface area contributed by atoms with Gasteiger partial charge in [0.2, 0.25) is 0 Å². The third-order valence-corrected chi connectivity index (χ3v) is 2.51. The van der Waals surface area contributed by atoms with Crippen LogP contribution in [0.15, 0.2) is 14.5 Å². The minimum absolute atomic E-state index is 0.799. The fraction of sp³-hybridized carbons (Fsp3) is 0.200. The maximum atomic E-state index is 4.95. The van der Waals surface area contributed by atoms with E-state index in [0.29, 0.717) is 0 Å². The lowest BCUT2D eigenvalue weighted by atomic mass is 10.6. The summed E-state index contributed by atoms with van der Waals surface area (Å²) < 4.78 is 6.76. The molecule has 4 heteroatoms. The Hall–Kier alpha value is 0.200. The van der Waals surface area contributed by atoms with Gasteiger partial charge in [-0.05, 0) is 0 Å². The Balaban J connectivity index is 3.01. The van der Waals surface area contributed by atoms with Gasteiger partial charge in [0.25, 0.3) is 0 Å². The van der Waals surface area contributed by atoms with Crippen LogP contribution in [0.3, 0.4) is 0 Å². The first kappa shape index (κ1) is 7.31. The average molecular weight is 178 g/mol. The van der Waals surface area contributed by atoms with E-state index in [1.165, 1.54) is 11.3 Å². The summed E-state index contributed by atoms with van der Waals surface area (Å²) in [5, 5.41) is 0. The molecule has 50 valence electrons. The Morgan fingerprint density at radius 1 is 1.56 bits per heavy atom. The quantitative estimate of drug-likeness (QED) is 0.628. The van der Waals surface area contributed by atoms with Crippen molar-refractivity contribution in [2.24, 2.45) is 0 Å². The SMILES string of the molecule is COc1cc(S)sc1S. The molecule has 0 radical (unpaired) electrons. The predicted molar refractivity (Wildman–Crippen MR) is 45.4 cm³/mol. The molecule has 1 aromatic rings. The third kappa shape index (κ3) is 1.56. The summed E-state index contributed by atoms with van der Waals surface area (Å²) in [4.78, 5) is 0. The van der Waals surface area contributed by atoms with Crippen LogP contribution in [0, 0.1) is 0 Å². The zero-order valence-electron chi connectivity index (χ0n) is 4.79. The Bertz CT molecular complexity index is 206. The second kappa shape index (κ2) is 2.86. The van der Waals surface area contributed by atoms with Gasteiger partial charge in [0.05, 0.1) is 11.3 Å². The summed E-state index contributed by atoms with van der Waals surface area (Å²) >= 11 is 9.76. The summed E-state index contributed by atoms with van der Waals surface area (Å²) in [6.07, 6.45) is 0. The molecule has 0 atom stereocenters. The summed E-state index contributed by atoms with van der Waals surface area (Å²) in [6.45, 7) is 0. The van der Waals surface area contributed by atoms with E-state index >= 15 is 0 Å². The van der Waals surface area contributed by atoms with Gasteiger partial charge in [-0.25, -0.2) is 0 Å². The Morgan fingerprint density at radius 3 is 2.44 bits per heavy atom. The van der Waals surface area contributed by atoms with Crippen LogP contribution in [0.5, 0.6) is 5.75 Å². The highest BCUT2D eigenvalue weighted by Gasteiger charge is 2.01. The number of thiol groups is 2. The molecule has 0 aliphatic rings. The topological polar surface area (TPSA) is 9.23 Å². The molecule has 0 aliphatic heterocycles. The molecule has 0 saturated carbocycles. The molecule has 0 fully saturated rings. The number of rotatable bonds is 1. The van der Waals surface area contributed by atoms with Crippen LogP contribution >= 0.6 is 36.6 Å². The standard InChI is InChI=1S/C5H6OS3/c1-6-3-2-4(7)9-5(3)8/h2,7-8H,1H3. The number of hydrogen-bond acceptors (Lipinski definition) is 4. The van der Waals surface area contributed by atoms with Crippen molar-refractivity contribution >= 4 is 36.6 Å². The van der Waals surface area contributed by atoms with E-state index in [0.717, 1.165) is 14.2 Å². The van der Waals surface area contributed by atoms with Gasteiger partial charge in [0.1, 0.15) is 9.96 Å². The molecule has 1 rings (SSSR count). The highest BCUT2D eigenvalue weighted by molar-refractivity contribution is 7.85. The highest BCUT2D eigenvalue weighted by Crippen LogP contribution is 2.33. The van der Waals surface area contributed by atoms with E-state index in [4.69, 9.17) is 4.74 Å². The van der Waals surface area contributed by atoms with Gasteiger partial charge in [0.15, 0.2) is 0 Å². The number of ether oxygens (including phenoxy) is 1. The van der Waals surface area contributed by atoms with Gasteiger partial charge in [0, 0.05) is 6.07 Å². The normalized spacial score (nSPS) is 9.67. The summed E-state index contributed by atoms with van der Waals surface area (Å²) in [6, 6.07) is 1.84. The number of hydrogen-bond donors (Lipinski definition) is 2. The van der Waals surface area contributed by atoms with E-state index in [9.17, 15) is 0 Å². The van der Waals surface area contributed by atoms with Gasteiger partial charge in [-0.1, -0.05) is 0 Å². The van der Waals surface area contributed by atoms with Crippen molar-refractivity contribution in [1.29, 1.82) is 0 Å². The van der Waals surface area contributed by atoms with E-state index in [1.807, 2.05) is 6.07 Å². The molecule has 0 aliphatic carbocycles. The number of methoxy groups -OCH3 is 1. The first-order valence-corrected chi connectivity index (χ1v) is 4.01. The van der Waals surface area contributed by atoms with Gasteiger partial charge >= 0.3 is 0 Å². The Morgan fingerprint density at radius 2 is 2.22 bits per heavy atom. The van der Waals surface area contributed by atoms with Gasteiger partial charge in [-0.3, -0.25) is 0 Å². The Kier molecular flexibility index (Phi) is 2.32. The lowest BCUT2D eigenvalue weighted by Crippen LogP contribution is -1.77. The second-order valence-electron chi connectivity index (χ2n) is 1.46. The summed E-state index contributed by atoms with van der Waals surface area (Å²) in [5.41, 5.74) is 0. The lowest BCUT2D eigenvalue weighted by molar-refractivity contribution is 0.408. The van der Waals surface area contributed by atoms with Crippen LogP contribution in [0.4, 0.5) is 0 Å². The molecule has 1 heterocycles. The van der Waals surface area contributed by atoms with Crippen molar-refractivity contribution in [3.63, 3.8) is 0 Å². The molecule has 9 heavy (non-hydrogen) atoms. The van der Waals surface area contributed by atoms with Crippen molar-refractivity contribution < 1.29 is 4.74 Å². The maximum Gasteiger partial charge on any atom is 0.144 e. The van der Waals surface area contributed by atoms with Gasteiger partial charge in [-0.2, -0.15) is 0 Å². The lowest BCUT2D eigenvalue weighted by Gasteiger charge is -1.91. The molecule has 0 spiro atoms. The molecule has 0 bridgehead atoms. The third-order valence-electron chi connectivity index (χ3n) is 0.887. The summed E-state index contributed by atoms with van der Waals surface area (Å²) in [5.74, 6) is 0.799. The van der Waals surface area contributed by atoms with Crippen LogP contribution in [-0.2, 0) is 0 Å². The van der Waals surface area contributed by atoms with E-state index in [1.54, 1.807) is 7.11 Å². The fourth-order valence-corrected chi connectivity index (χ4v) is 2.16. The van der Waals surface area contributed by atoms with Crippen LogP contribution in [0.25, 0.3) is 0 Å². The van der Waals surface area contributed by atoms with E-state index in [2.05, 4.69) is 25.3 Å². The van der Waals surface area contributed by atoms with E-state index < -0.39 is 0 Å². The molecular formula is C5H6OS3. The molecular weight excluding hydrogens is 172 g/mol. The molecule has 0 aromatic carbocycles. The monoisotopic (exact) mass is 178 g/mol. The highest BCUT2D eigenvalue weighted by atomic mass is 32.2. The van der Waals surface area contributed by atoms with Crippen LogP contribution in [0.2, 0.25) is 0 Å². The van der Waals surface area contributed by atoms with Crippen molar-refractivity contribution in [2.45, 2.75) is 8.42 Å². The average Bonchev–Trinajstić information content (AvgIpc) is 2.10. The molecule has 0 N–H and O–H groups in total. The summed E-state index contributed by atoms with van der Waals surface area (Å²) in [7, 11) is 1.62. The fourth-order valence-electron chi connectivity index (χ4n) is 0.499. The minimum Gasteiger partial charge on any atom is -0.495 e. The molecule has 0 amide bonds. The molecule has 0 saturated heterocycles. The van der Waals surface area contributed by atoms with Gasteiger partial charge in [-0.15, -0.1) is 36.6 Å². The zero-order chi connectivity index (χ0) is 6.85. The molecule has 1 nitrogen and oxygen atoms in total. The Labute approximate surface area is 68.9 Å². The van der Waals surface area contributed by atoms with Crippen molar-refractivity contribution in [3.05, 3.63) is 6.07 Å². The van der Waals surface area contributed by atoms with E-state index in [-0.39, 0.29) is 0 Å². The predicted octanol–water partition coefficient (Wildman–Crippen LogP) is 2.33. The smallest absolute Gasteiger partial charge is 0.144 e. The first-order chi connectivity index (χ1) is 4.24. The van der Waals surface area contributed by atoms with Crippen LogP contribution in [0.1, 0.15) is 0 Å². The molecule has 1 aromatic heterocycles. The van der Waals surface area contributed by atoms with Crippen molar-refractivity contribution in [2.75, 3.05) is 7.11 Å². The first-order valence-electron chi connectivity index (χ1n) is 2.30. The van der Waals surface area contributed by atoms with Crippen LogP contribution in [-0.4, -0.2) is 7.11 Å². The van der Waals surface area contributed by atoms with Crippen LogP contribution < -0.4 is 4.74 Å². The number of thiophene rings is 1. The molecule has 0 unspecified atom stereocenters. The minimum atomic E-state index is 0.799. The van der Waals surface area contributed by atoms with Crippen molar-refractivity contribution in [1.82, 2.24) is 0 Å². The largest absolute Gasteiger partial charge is 0.495 e. The maximum absolute atomic E-state index is 4.95. The van der Waals surface area contributed by atoms with Gasteiger partial charge < -0.3 is 4.74 Å². The zero-order valence-corrected chi connectivity index (χ0v) is 7.39.